The lowest BCUT2D eigenvalue weighted by molar-refractivity contribution is -0.141. The van der Waals surface area contributed by atoms with E-state index in [1.54, 1.807) is 4.68 Å². The second-order valence-electron chi connectivity index (χ2n) is 4.11. The Balaban J connectivity index is 2.19. The Morgan fingerprint density at radius 2 is 2.06 bits per heavy atom. The highest BCUT2D eigenvalue weighted by atomic mass is 19.4. The molecule has 0 amide bonds. The zero-order chi connectivity index (χ0) is 13.3. The average molecular weight is 259 g/mol. The number of hydrogen-bond acceptors (Lipinski definition) is 3. The Morgan fingerprint density at radius 1 is 1.33 bits per heavy atom. The maximum atomic E-state index is 12.4. The average Bonchev–Trinajstić information content (AvgIpc) is 2.85. The first kappa shape index (κ1) is 12.6. The second-order valence-corrected chi connectivity index (χ2v) is 4.11. The summed E-state index contributed by atoms with van der Waals surface area (Å²) in [7, 11) is 0. The van der Waals surface area contributed by atoms with E-state index >= 15 is 0 Å². The van der Waals surface area contributed by atoms with Crippen molar-refractivity contribution in [3.05, 3.63) is 30.1 Å². The third kappa shape index (κ3) is 2.52. The van der Waals surface area contributed by atoms with Crippen molar-refractivity contribution in [1.29, 1.82) is 0 Å². The monoisotopic (exact) mass is 259 g/mol. The zero-order valence-corrected chi connectivity index (χ0v) is 9.89. The summed E-state index contributed by atoms with van der Waals surface area (Å²) in [6, 6.07) is 1.04. The van der Waals surface area contributed by atoms with Crippen LogP contribution >= 0.6 is 0 Å². The van der Waals surface area contributed by atoms with Crippen molar-refractivity contribution in [3.8, 4) is 0 Å². The summed E-state index contributed by atoms with van der Waals surface area (Å²) in [5.74, 6) is 0.571. The first-order valence-corrected chi connectivity index (χ1v) is 5.37. The van der Waals surface area contributed by atoms with Gasteiger partial charge in [-0.2, -0.15) is 23.4 Å². The predicted molar refractivity (Wildman–Crippen MR) is 56.7 cm³/mol. The number of halogens is 3. The van der Waals surface area contributed by atoms with Gasteiger partial charge in [0.05, 0.1) is 0 Å². The molecule has 2 aromatic rings. The summed E-state index contributed by atoms with van der Waals surface area (Å²) < 4.78 is 40.0. The van der Waals surface area contributed by atoms with Crippen LogP contribution in [0.4, 0.5) is 13.2 Å². The molecule has 0 radical (unpaired) electrons. The van der Waals surface area contributed by atoms with Crippen molar-refractivity contribution < 1.29 is 13.2 Å². The lowest BCUT2D eigenvalue weighted by atomic mass is 10.4. The molecule has 2 heterocycles. The molecule has 0 spiro atoms. The minimum atomic E-state index is -4.42. The summed E-state index contributed by atoms with van der Waals surface area (Å²) in [6.07, 6.45) is -1.76. The Bertz CT molecular complexity index is 526. The Morgan fingerprint density at radius 3 is 2.61 bits per heavy atom. The minimum absolute atomic E-state index is 0.0974. The van der Waals surface area contributed by atoms with Gasteiger partial charge in [-0.25, -0.2) is 9.67 Å². The maximum Gasteiger partial charge on any atom is 0.435 e. The molecule has 0 saturated carbocycles. The van der Waals surface area contributed by atoms with Crippen LogP contribution in [0.5, 0.6) is 0 Å². The molecule has 0 saturated heterocycles. The van der Waals surface area contributed by atoms with E-state index < -0.39 is 11.9 Å². The van der Waals surface area contributed by atoms with Gasteiger partial charge in [0, 0.05) is 12.2 Å². The summed E-state index contributed by atoms with van der Waals surface area (Å²) in [4.78, 5) is 4.01. The molecule has 0 aromatic carbocycles. The van der Waals surface area contributed by atoms with Crippen molar-refractivity contribution in [1.82, 2.24) is 24.5 Å². The molecule has 0 aliphatic heterocycles. The molecule has 0 atom stereocenters. The van der Waals surface area contributed by atoms with Crippen LogP contribution in [-0.4, -0.2) is 24.5 Å². The molecule has 0 N–H and O–H groups in total. The van der Waals surface area contributed by atoms with Gasteiger partial charge in [-0.05, 0) is 19.9 Å². The number of nitrogens with zero attached hydrogens (tertiary/aromatic N) is 5. The van der Waals surface area contributed by atoms with Gasteiger partial charge in [-0.3, -0.25) is 4.68 Å². The van der Waals surface area contributed by atoms with Crippen LogP contribution < -0.4 is 0 Å². The van der Waals surface area contributed by atoms with E-state index in [9.17, 15) is 13.2 Å². The Kier molecular flexibility index (Phi) is 3.10. The highest BCUT2D eigenvalue weighted by molar-refractivity contribution is 5.04. The molecule has 8 heteroatoms. The number of alkyl halides is 3. The third-order valence-electron chi connectivity index (χ3n) is 2.37. The molecule has 0 aliphatic rings. The van der Waals surface area contributed by atoms with Crippen LogP contribution in [-0.2, 0) is 12.7 Å². The standard InChI is InChI=1S/C10H12F3N5/c1-7(2)18-9(14-6-15-18)5-17-4-3-8(16-17)10(11,12)13/h3-4,6-7H,5H2,1-2H3. The molecule has 2 aromatic heterocycles. The van der Waals surface area contributed by atoms with Gasteiger partial charge in [0.1, 0.15) is 18.7 Å². The fourth-order valence-electron chi connectivity index (χ4n) is 1.56. The fraction of sp³-hybridized carbons (Fsp3) is 0.500. The van der Waals surface area contributed by atoms with Gasteiger partial charge >= 0.3 is 6.18 Å². The zero-order valence-electron chi connectivity index (χ0n) is 9.89. The molecular weight excluding hydrogens is 247 g/mol. The molecule has 0 aliphatic carbocycles. The second kappa shape index (κ2) is 4.43. The first-order valence-electron chi connectivity index (χ1n) is 5.37. The molecule has 98 valence electrons. The van der Waals surface area contributed by atoms with Gasteiger partial charge in [-0.1, -0.05) is 0 Å². The normalized spacial score (nSPS) is 12.3. The smallest absolute Gasteiger partial charge is 0.265 e. The van der Waals surface area contributed by atoms with Crippen LogP contribution in [0.15, 0.2) is 18.6 Å². The summed E-state index contributed by atoms with van der Waals surface area (Å²) in [6.45, 7) is 4.00. The Labute approximate surface area is 101 Å². The molecular formula is C10H12F3N5. The molecule has 0 bridgehead atoms. The van der Waals surface area contributed by atoms with Crippen molar-refractivity contribution >= 4 is 0 Å². The fourth-order valence-corrected chi connectivity index (χ4v) is 1.56. The topological polar surface area (TPSA) is 48.5 Å². The minimum Gasteiger partial charge on any atom is -0.265 e. The van der Waals surface area contributed by atoms with E-state index in [0.717, 1.165) is 6.07 Å². The van der Waals surface area contributed by atoms with Crippen molar-refractivity contribution in [3.63, 3.8) is 0 Å². The van der Waals surface area contributed by atoms with E-state index in [2.05, 4.69) is 15.2 Å². The molecule has 0 unspecified atom stereocenters. The predicted octanol–water partition coefficient (Wildman–Crippen LogP) is 2.12. The number of rotatable bonds is 3. The van der Waals surface area contributed by atoms with E-state index in [0.29, 0.717) is 5.82 Å². The SMILES string of the molecule is CC(C)n1ncnc1Cn1ccc(C(F)(F)F)n1. The lowest BCUT2D eigenvalue weighted by Gasteiger charge is -2.09. The summed E-state index contributed by atoms with van der Waals surface area (Å²) in [5.41, 5.74) is -0.905. The van der Waals surface area contributed by atoms with Gasteiger partial charge < -0.3 is 0 Å². The van der Waals surface area contributed by atoms with Gasteiger partial charge in [0.2, 0.25) is 0 Å². The molecule has 18 heavy (non-hydrogen) atoms. The number of aromatic nitrogens is 5. The summed E-state index contributed by atoms with van der Waals surface area (Å²) >= 11 is 0. The maximum absolute atomic E-state index is 12.4. The number of hydrogen-bond donors (Lipinski definition) is 0. The van der Waals surface area contributed by atoms with Crippen LogP contribution in [0.1, 0.15) is 31.4 Å². The highest BCUT2D eigenvalue weighted by Gasteiger charge is 2.33. The van der Waals surface area contributed by atoms with Crippen LogP contribution in [0.2, 0.25) is 0 Å². The van der Waals surface area contributed by atoms with E-state index in [4.69, 9.17) is 0 Å². The lowest BCUT2D eigenvalue weighted by Crippen LogP contribution is -2.13. The molecule has 0 fully saturated rings. The van der Waals surface area contributed by atoms with Crippen LogP contribution in [0.25, 0.3) is 0 Å². The van der Waals surface area contributed by atoms with Gasteiger partial charge in [0.15, 0.2) is 5.69 Å². The first-order chi connectivity index (χ1) is 8.38. The van der Waals surface area contributed by atoms with E-state index in [1.165, 1.54) is 17.2 Å². The molecule has 5 nitrogen and oxygen atoms in total. The summed E-state index contributed by atoms with van der Waals surface area (Å²) in [5, 5.41) is 7.48. The van der Waals surface area contributed by atoms with Crippen LogP contribution in [0.3, 0.4) is 0 Å². The van der Waals surface area contributed by atoms with Crippen molar-refractivity contribution in [2.24, 2.45) is 0 Å². The largest absolute Gasteiger partial charge is 0.435 e. The van der Waals surface area contributed by atoms with Crippen LogP contribution in [0, 0.1) is 0 Å². The van der Waals surface area contributed by atoms with Crippen molar-refractivity contribution in [2.45, 2.75) is 32.6 Å². The van der Waals surface area contributed by atoms with Crippen molar-refractivity contribution in [2.75, 3.05) is 0 Å². The van der Waals surface area contributed by atoms with E-state index in [-0.39, 0.29) is 12.6 Å². The highest BCUT2D eigenvalue weighted by Crippen LogP contribution is 2.27. The van der Waals surface area contributed by atoms with E-state index in [1.807, 2.05) is 13.8 Å². The third-order valence-corrected chi connectivity index (χ3v) is 2.37. The van der Waals surface area contributed by atoms with Gasteiger partial charge in [0.25, 0.3) is 0 Å². The molecule has 2 rings (SSSR count). The quantitative estimate of drug-likeness (QED) is 0.848. The van der Waals surface area contributed by atoms with Gasteiger partial charge in [-0.15, -0.1) is 0 Å². The Hall–Kier alpha value is -1.86.